The molecule has 0 fully saturated rings. The molecule has 3 heteroatoms. The van der Waals surface area contributed by atoms with Gasteiger partial charge < -0.3 is 9.30 Å². The molecule has 0 saturated carbocycles. The SMILES string of the molecule is C=CCO[C@@H](Cc1cn(C(c2ccccc2)(c2ccccc2)c2ccccc2)cn1)c1ccc(C(C)(C)C)cc1. The lowest BCUT2D eigenvalue weighted by atomic mass is 9.77. The van der Waals surface area contributed by atoms with Gasteiger partial charge in [0, 0.05) is 12.6 Å². The second-order valence-electron chi connectivity index (χ2n) is 11.3. The predicted octanol–water partition coefficient (Wildman–Crippen LogP) is 8.51. The van der Waals surface area contributed by atoms with Gasteiger partial charge in [0.25, 0.3) is 0 Å². The van der Waals surface area contributed by atoms with Gasteiger partial charge in [-0.3, -0.25) is 0 Å². The third-order valence-electron chi connectivity index (χ3n) is 7.56. The van der Waals surface area contributed by atoms with Gasteiger partial charge in [-0.15, -0.1) is 6.58 Å². The molecule has 0 saturated heterocycles. The van der Waals surface area contributed by atoms with Crippen LogP contribution in [-0.2, 0) is 22.1 Å². The molecule has 0 amide bonds. The molecule has 0 N–H and O–H groups in total. The van der Waals surface area contributed by atoms with Gasteiger partial charge >= 0.3 is 0 Å². The summed E-state index contributed by atoms with van der Waals surface area (Å²) < 4.78 is 8.55. The van der Waals surface area contributed by atoms with Crippen molar-refractivity contribution in [1.82, 2.24) is 9.55 Å². The molecule has 0 aliphatic rings. The van der Waals surface area contributed by atoms with E-state index in [4.69, 9.17) is 9.72 Å². The molecule has 0 bridgehead atoms. The average Bonchev–Trinajstić information content (AvgIpc) is 3.46. The van der Waals surface area contributed by atoms with Gasteiger partial charge in [-0.05, 0) is 33.2 Å². The van der Waals surface area contributed by atoms with E-state index < -0.39 is 5.54 Å². The van der Waals surface area contributed by atoms with Crippen LogP contribution in [0.1, 0.15) is 60.4 Å². The van der Waals surface area contributed by atoms with Crippen LogP contribution in [0.4, 0.5) is 0 Å². The molecule has 0 spiro atoms. The van der Waals surface area contributed by atoms with E-state index in [1.807, 2.05) is 6.33 Å². The van der Waals surface area contributed by atoms with E-state index in [-0.39, 0.29) is 11.5 Å². The lowest BCUT2D eigenvalue weighted by Gasteiger charge is -2.37. The summed E-state index contributed by atoms with van der Waals surface area (Å²) in [5, 5.41) is 0. The average molecular weight is 527 g/mol. The Morgan fingerprint density at radius 3 is 1.68 bits per heavy atom. The van der Waals surface area contributed by atoms with Gasteiger partial charge in [-0.25, -0.2) is 4.98 Å². The number of imidazole rings is 1. The molecule has 0 radical (unpaired) electrons. The molecule has 4 aromatic carbocycles. The monoisotopic (exact) mass is 526 g/mol. The summed E-state index contributed by atoms with van der Waals surface area (Å²) in [7, 11) is 0. The van der Waals surface area contributed by atoms with Crippen molar-refractivity contribution in [2.45, 2.75) is 44.2 Å². The van der Waals surface area contributed by atoms with Crippen LogP contribution in [0.15, 0.2) is 140 Å². The highest BCUT2D eigenvalue weighted by Gasteiger charge is 2.38. The van der Waals surface area contributed by atoms with E-state index in [0.717, 1.165) is 11.3 Å². The fourth-order valence-electron chi connectivity index (χ4n) is 5.48. The summed E-state index contributed by atoms with van der Waals surface area (Å²) in [6.45, 7) is 11.1. The molecule has 1 aromatic heterocycles. The maximum Gasteiger partial charge on any atom is 0.121 e. The zero-order valence-corrected chi connectivity index (χ0v) is 23.7. The van der Waals surface area contributed by atoms with Gasteiger partial charge in [-0.1, -0.05) is 142 Å². The molecule has 1 atom stereocenters. The highest BCUT2D eigenvalue weighted by atomic mass is 16.5. The molecular weight excluding hydrogens is 488 g/mol. The van der Waals surface area contributed by atoms with Crippen molar-refractivity contribution in [3.05, 3.63) is 174 Å². The number of hydrogen-bond acceptors (Lipinski definition) is 2. The zero-order chi connectivity index (χ0) is 28.0. The van der Waals surface area contributed by atoms with Gasteiger partial charge in [0.1, 0.15) is 5.54 Å². The number of rotatable bonds is 10. The Morgan fingerprint density at radius 1 is 0.725 bits per heavy atom. The summed E-state index contributed by atoms with van der Waals surface area (Å²) in [5.41, 5.74) is 6.47. The fraction of sp³-hybridized carbons (Fsp3) is 0.216. The van der Waals surface area contributed by atoms with E-state index in [2.05, 4.69) is 153 Å². The molecule has 1 heterocycles. The summed E-state index contributed by atoms with van der Waals surface area (Å²) in [6.07, 6.45) is 6.48. The largest absolute Gasteiger partial charge is 0.369 e. The summed E-state index contributed by atoms with van der Waals surface area (Å²) >= 11 is 0. The van der Waals surface area contributed by atoms with Crippen molar-refractivity contribution in [2.24, 2.45) is 0 Å². The Kier molecular flexibility index (Phi) is 8.14. The van der Waals surface area contributed by atoms with Crippen molar-refractivity contribution >= 4 is 0 Å². The number of hydrogen-bond donors (Lipinski definition) is 0. The topological polar surface area (TPSA) is 27.1 Å². The number of benzene rings is 4. The Morgan fingerprint density at radius 2 is 1.23 bits per heavy atom. The normalized spacial score (nSPS) is 12.7. The lowest BCUT2D eigenvalue weighted by molar-refractivity contribution is 0.0738. The molecule has 5 rings (SSSR count). The van der Waals surface area contributed by atoms with Crippen LogP contribution in [0.25, 0.3) is 0 Å². The number of nitrogens with zero attached hydrogens (tertiary/aromatic N) is 2. The van der Waals surface area contributed by atoms with Crippen molar-refractivity contribution in [2.75, 3.05) is 6.61 Å². The number of aromatic nitrogens is 2. The van der Waals surface area contributed by atoms with Crippen molar-refractivity contribution in [3.63, 3.8) is 0 Å². The fourth-order valence-corrected chi connectivity index (χ4v) is 5.48. The predicted molar refractivity (Wildman–Crippen MR) is 165 cm³/mol. The van der Waals surface area contributed by atoms with Crippen LogP contribution < -0.4 is 0 Å². The molecule has 0 aliphatic carbocycles. The van der Waals surface area contributed by atoms with E-state index in [1.165, 1.54) is 22.3 Å². The molecule has 3 nitrogen and oxygen atoms in total. The minimum atomic E-state index is -0.582. The molecule has 40 heavy (non-hydrogen) atoms. The third kappa shape index (κ3) is 5.57. The lowest BCUT2D eigenvalue weighted by Crippen LogP contribution is -2.36. The Bertz CT molecular complexity index is 1400. The van der Waals surface area contributed by atoms with Gasteiger partial charge in [0.15, 0.2) is 0 Å². The van der Waals surface area contributed by atoms with Gasteiger partial charge in [-0.2, -0.15) is 0 Å². The van der Waals surface area contributed by atoms with E-state index in [0.29, 0.717) is 13.0 Å². The van der Waals surface area contributed by atoms with Crippen LogP contribution in [0.5, 0.6) is 0 Å². The highest BCUT2D eigenvalue weighted by Crippen LogP contribution is 2.41. The minimum Gasteiger partial charge on any atom is -0.369 e. The molecule has 5 aromatic rings. The first-order chi connectivity index (χ1) is 19.4. The van der Waals surface area contributed by atoms with Crippen LogP contribution in [0, 0.1) is 0 Å². The van der Waals surface area contributed by atoms with E-state index >= 15 is 0 Å². The first kappa shape index (κ1) is 27.4. The summed E-state index contributed by atoms with van der Waals surface area (Å²) in [4.78, 5) is 4.95. The quantitative estimate of drug-likeness (QED) is 0.135. The van der Waals surface area contributed by atoms with Crippen molar-refractivity contribution < 1.29 is 4.74 Å². The first-order valence-electron chi connectivity index (χ1n) is 14.0. The van der Waals surface area contributed by atoms with Crippen molar-refractivity contribution in [3.8, 4) is 0 Å². The van der Waals surface area contributed by atoms with Gasteiger partial charge in [0.05, 0.1) is 24.7 Å². The van der Waals surface area contributed by atoms with Crippen LogP contribution >= 0.6 is 0 Å². The summed E-state index contributed by atoms with van der Waals surface area (Å²) in [5.74, 6) is 0. The Balaban J connectivity index is 1.59. The second kappa shape index (κ2) is 11.9. The standard InChI is InChI=1S/C37H38N2O/c1-5-25-40-35(29-21-23-30(24-22-29)36(2,3)4)26-34-27-39(28-38-34)37(31-15-9-6-10-16-31,32-17-11-7-12-18-32)33-19-13-8-14-20-33/h5-24,27-28,35H,1,25-26H2,2-4H3/t35-/m0/s1. The minimum absolute atomic E-state index is 0.102. The highest BCUT2D eigenvalue weighted by molar-refractivity contribution is 5.50. The molecule has 202 valence electrons. The maximum absolute atomic E-state index is 6.29. The maximum atomic E-state index is 6.29. The molecule has 0 unspecified atom stereocenters. The van der Waals surface area contributed by atoms with Crippen LogP contribution in [0.3, 0.4) is 0 Å². The van der Waals surface area contributed by atoms with Gasteiger partial charge in [0.2, 0.25) is 0 Å². The Labute approximate surface area is 238 Å². The van der Waals surface area contributed by atoms with Crippen LogP contribution in [-0.4, -0.2) is 16.2 Å². The molecular formula is C37H38N2O. The van der Waals surface area contributed by atoms with Crippen LogP contribution in [0.2, 0.25) is 0 Å². The smallest absolute Gasteiger partial charge is 0.121 e. The zero-order valence-electron chi connectivity index (χ0n) is 23.7. The van der Waals surface area contributed by atoms with E-state index in [9.17, 15) is 0 Å². The first-order valence-corrected chi connectivity index (χ1v) is 14.0. The summed E-state index contributed by atoms with van der Waals surface area (Å²) in [6, 6.07) is 40.8. The molecule has 0 aliphatic heterocycles. The van der Waals surface area contributed by atoms with Crippen molar-refractivity contribution in [1.29, 1.82) is 0 Å². The number of ether oxygens (including phenoxy) is 1. The third-order valence-corrected chi connectivity index (χ3v) is 7.56. The Hall–Kier alpha value is -4.21. The van der Waals surface area contributed by atoms with E-state index in [1.54, 1.807) is 6.08 Å². The second-order valence-corrected chi connectivity index (χ2v) is 11.3.